The Morgan fingerprint density at radius 3 is 2.00 bits per heavy atom. The molecule has 0 heterocycles. The van der Waals surface area contributed by atoms with E-state index in [0.29, 0.717) is 0 Å². The van der Waals surface area contributed by atoms with E-state index in [2.05, 4.69) is 0 Å². The monoisotopic (exact) mass is 173 g/mol. The van der Waals surface area contributed by atoms with E-state index in [1.54, 1.807) is 0 Å². The molecular weight excluding hydrogens is 165 g/mol. The van der Waals surface area contributed by atoms with E-state index in [4.69, 9.17) is 9.92 Å². The first-order valence-corrected chi connectivity index (χ1v) is 5.09. The van der Waals surface area contributed by atoms with Crippen LogP contribution in [0.4, 0.5) is 0 Å². The molecule has 0 spiro atoms. The van der Waals surface area contributed by atoms with Crippen LogP contribution in [0.15, 0.2) is 0 Å². The molecule has 0 fully saturated rings. The molecule has 0 aliphatic rings. The van der Waals surface area contributed by atoms with Crippen molar-refractivity contribution < 1.29 is 11.9 Å². The van der Waals surface area contributed by atoms with Crippen LogP contribution in [0.2, 0.25) is 5.32 Å². The van der Waals surface area contributed by atoms with Gasteiger partial charge in [-0.1, -0.05) is 0 Å². The standard InChI is InChI=1S/C2H7NO3Se/c3-1-2-7(4,5)6/h1-3H2,(H,4,5,6). The van der Waals surface area contributed by atoms with Gasteiger partial charge >= 0.3 is 42.5 Å². The third-order valence-corrected chi connectivity index (χ3v) is 1.95. The molecule has 0 radical (unpaired) electrons. The maximum atomic E-state index is 9.78. The first kappa shape index (κ1) is 7.04. The van der Waals surface area contributed by atoms with Gasteiger partial charge in [-0.15, -0.1) is 0 Å². The van der Waals surface area contributed by atoms with Gasteiger partial charge in [-0.05, 0) is 0 Å². The quantitative estimate of drug-likeness (QED) is 0.509. The van der Waals surface area contributed by atoms with Gasteiger partial charge in [0.15, 0.2) is 0 Å². The van der Waals surface area contributed by atoms with Crippen LogP contribution in [0, 0.1) is 0 Å². The average Bonchev–Trinajstić information content (AvgIpc) is 1.30. The van der Waals surface area contributed by atoms with E-state index >= 15 is 0 Å². The summed E-state index contributed by atoms with van der Waals surface area (Å²) in [7, 11) is 0. The Balaban J connectivity index is 3.60. The molecule has 0 unspecified atom stereocenters. The third-order valence-electron chi connectivity index (χ3n) is 0.376. The van der Waals surface area contributed by atoms with Crippen molar-refractivity contribution in [2.75, 3.05) is 6.54 Å². The summed E-state index contributed by atoms with van der Waals surface area (Å²) in [6.07, 6.45) is 0. The fourth-order valence-electron chi connectivity index (χ4n) is 0.149. The summed E-state index contributed by atoms with van der Waals surface area (Å²) in [5, 5.41) is -0.281. The fraction of sp³-hybridized carbons (Fsp3) is 1.00. The third kappa shape index (κ3) is 6.04. The van der Waals surface area contributed by atoms with Gasteiger partial charge in [0.25, 0.3) is 0 Å². The predicted octanol–water partition coefficient (Wildman–Crippen LogP) is -1.26. The Morgan fingerprint density at radius 1 is 1.57 bits per heavy atom. The minimum atomic E-state index is -4.43. The molecule has 0 bridgehead atoms. The van der Waals surface area contributed by atoms with Crippen molar-refractivity contribution in [2.45, 2.75) is 5.32 Å². The van der Waals surface area contributed by atoms with Crippen LogP contribution in [0.25, 0.3) is 0 Å². The Labute approximate surface area is 43.3 Å². The van der Waals surface area contributed by atoms with Gasteiger partial charge in [0, 0.05) is 0 Å². The normalized spacial score (nSPS) is 11.7. The molecule has 7 heavy (non-hydrogen) atoms. The molecule has 0 aliphatic heterocycles. The summed E-state index contributed by atoms with van der Waals surface area (Å²) in [4.78, 5) is 0. The second-order valence-electron chi connectivity index (χ2n) is 1.07. The number of nitrogens with two attached hydrogens (primary N) is 1. The van der Waals surface area contributed by atoms with E-state index in [1.165, 1.54) is 0 Å². The van der Waals surface area contributed by atoms with Crippen LogP contribution in [0.3, 0.4) is 0 Å². The summed E-state index contributed by atoms with van der Waals surface area (Å²) in [5.41, 5.74) is 4.79. The molecule has 0 rings (SSSR count). The molecular formula is C2H7NO3Se. The molecule has 0 atom stereocenters. The molecule has 0 saturated heterocycles. The van der Waals surface area contributed by atoms with Crippen molar-refractivity contribution in [2.24, 2.45) is 5.73 Å². The Bertz CT molecular complexity index is 126. The van der Waals surface area contributed by atoms with Crippen LogP contribution in [0.1, 0.15) is 0 Å². The average molecular weight is 172 g/mol. The van der Waals surface area contributed by atoms with Gasteiger partial charge in [0.2, 0.25) is 0 Å². The van der Waals surface area contributed by atoms with Crippen molar-refractivity contribution in [3.8, 4) is 0 Å². The summed E-state index contributed by atoms with van der Waals surface area (Å²) >= 11 is -4.43. The van der Waals surface area contributed by atoms with E-state index in [0.717, 1.165) is 0 Å². The Morgan fingerprint density at radius 2 is 2.00 bits per heavy atom. The fourth-order valence-corrected chi connectivity index (χ4v) is 0.774. The minimum absolute atomic E-state index is 0.00347. The van der Waals surface area contributed by atoms with Crippen molar-refractivity contribution in [1.82, 2.24) is 0 Å². The van der Waals surface area contributed by atoms with E-state index < -0.39 is 13.0 Å². The van der Waals surface area contributed by atoms with Gasteiger partial charge in [-0.2, -0.15) is 0 Å². The summed E-state index contributed by atoms with van der Waals surface area (Å²) in [6, 6.07) is 0. The Kier molecular flexibility index (Phi) is 2.39. The SMILES string of the molecule is NCC[Se](=O)(=O)O. The van der Waals surface area contributed by atoms with E-state index in [9.17, 15) is 7.67 Å². The zero-order chi connectivity index (χ0) is 5.91. The molecule has 0 amide bonds. The van der Waals surface area contributed by atoms with Gasteiger partial charge < -0.3 is 0 Å². The molecule has 0 aliphatic carbocycles. The molecule has 3 N–H and O–H groups in total. The van der Waals surface area contributed by atoms with Gasteiger partial charge in [-0.3, -0.25) is 0 Å². The maximum absolute atomic E-state index is 9.78. The van der Waals surface area contributed by atoms with Gasteiger partial charge in [-0.25, -0.2) is 0 Å². The molecule has 0 aromatic rings. The predicted molar refractivity (Wildman–Crippen MR) is 23.2 cm³/mol. The van der Waals surface area contributed by atoms with Crippen LogP contribution in [-0.2, 0) is 7.67 Å². The van der Waals surface area contributed by atoms with Crippen LogP contribution in [-0.4, -0.2) is 23.8 Å². The van der Waals surface area contributed by atoms with Crippen LogP contribution >= 0.6 is 0 Å². The molecule has 44 valence electrons. The van der Waals surface area contributed by atoms with Gasteiger partial charge in [0.05, 0.1) is 0 Å². The summed E-state index contributed by atoms with van der Waals surface area (Å²) < 4.78 is 27.5. The van der Waals surface area contributed by atoms with Crippen molar-refractivity contribution >= 4 is 13.0 Å². The molecule has 4 nitrogen and oxygen atoms in total. The number of hydrogen-bond acceptors (Lipinski definition) is 3. The van der Waals surface area contributed by atoms with E-state index in [-0.39, 0.29) is 11.9 Å². The first-order valence-electron chi connectivity index (χ1n) is 1.71. The molecule has 0 aromatic heterocycles. The summed E-state index contributed by atoms with van der Waals surface area (Å²) in [6.45, 7) is 0.00347. The topological polar surface area (TPSA) is 80.4 Å². The van der Waals surface area contributed by atoms with Crippen molar-refractivity contribution in [1.29, 1.82) is 0 Å². The molecule has 0 saturated carbocycles. The van der Waals surface area contributed by atoms with Crippen LogP contribution < -0.4 is 5.73 Å². The van der Waals surface area contributed by atoms with Crippen molar-refractivity contribution in [3.05, 3.63) is 0 Å². The van der Waals surface area contributed by atoms with E-state index in [1.807, 2.05) is 0 Å². The molecule has 0 aromatic carbocycles. The Hall–Kier alpha value is 0.0395. The molecule has 5 heteroatoms. The summed E-state index contributed by atoms with van der Waals surface area (Å²) in [5.74, 6) is 0. The first-order chi connectivity index (χ1) is 3.06. The zero-order valence-corrected chi connectivity index (χ0v) is 5.38. The number of rotatable bonds is 2. The number of hydrogen-bond donors (Lipinski definition) is 2. The second-order valence-corrected chi connectivity index (χ2v) is 4.37. The zero-order valence-electron chi connectivity index (χ0n) is 3.66. The van der Waals surface area contributed by atoms with Crippen LogP contribution in [0.5, 0.6) is 0 Å². The van der Waals surface area contributed by atoms with Crippen molar-refractivity contribution in [3.63, 3.8) is 0 Å². The van der Waals surface area contributed by atoms with Gasteiger partial charge in [0.1, 0.15) is 0 Å². The second kappa shape index (κ2) is 2.37.